The van der Waals surface area contributed by atoms with Gasteiger partial charge >= 0.3 is 0 Å². The van der Waals surface area contributed by atoms with E-state index < -0.39 is 5.82 Å². The summed E-state index contributed by atoms with van der Waals surface area (Å²) in [6.45, 7) is 0.736. The van der Waals surface area contributed by atoms with E-state index in [1.807, 2.05) is 0 Å². The predicted octanol–water partition coefficient (Wildman–Crippen LogP) is 0.132. The fraction of sp³-hybridized carbons (Fsp3) is 0.333. The average Bonchev–Trinajstić information content (AvgIpc) is 2.69. The topological polar surface area (TPSA) is 69.6 Å². The third kappa shape index (κ3) is 3.80. The van der Waals surface area contributed by atoms with Crippen LogP contribution in [-0.2, 0) is 4.79 Å². The summed E-state index contributed by atoms with van der Waals surface area (Å²) < 4.78 is 13.3. The second-order valence-electron chi connectivity index (χ2n) is 4.54. The highest BCUT2D eigenvalue weighted by Crippen LogP contribution is 2.14. The van der Waals surface area contributed by atoms with Gasteiger partial charge in [-0.15, -0.1) is 0 Å². The Morgan fingerprint density at radius 2 is 2.24 bits per heavy atom. The third-order valence-electron chi connectivity index (χ3n) is 3.11. The Morgan fingerprint density at radius 1 is 1.43 bits per heavy atom. The van der Waals surface area contributed by atoms with Gasteiger partial charge in [0.2, 0.25) is 5.91 Å². The largest absolute Gasteiger partial charge is 0.384 e. The van der Waals surface area contributed by atoms with Gasteiger partial charge in [-0.3, -0.25) is 9.59 Å². The van der Waals surface area contributed by atoms with Gasteiger partial charge in [-0.1, -0.05) is 11.8 Å². The molecule has 0 atom stereocenters. The molecule has 1 heterocycles. The molecule has 0 spiro atoms. The van der Waals surface area contributed by atoms with E-state index in [-0.39, 0.29) is 36.0 Å². The average molecular weight is 290 g/mol. The first kappa shape index (κ1) is 15.0. The van der Waals surface area contributed by atoms with Crippen LogP contribution in [0.1, 0.15) is 22.3 Å². The quantitative estimate of drug-likeness (QED) is 0.722. The van der Waals surface area contributed by atoms with E-state index in [0.717, 1.165) is 6.07 Å². The van der Waals surface area contributed by atoms with E-state index in [1.54, 1.807) is 0 Å². The molecule has 0 unspecified atom stereocenters. The van der Waals surface area contributed by atoms with E-state index in [4.69, 9.17) is 5.11 Å². The molecule has 1 aromatic carbocycles. The van der Waals surface area contributed by atoms with Crippen molar-refractivity contribution in [3.63, 3.8) is 0 Å². The standard InChI is InChI=1S/C15H15FN2O3/c16-12-3-4-13(11(10-12)2-1-9-19)15(21)18-7-5-14(20)17-6-8-18/h3-4,10,19H,5-9H2,(H,17,20). The number of halogens is 1. The molecule has 2 N–H and O–H groups in total. The lowest BCUT2D eigenvalue weighted by atomic mass is 10.1. The number of hydrogen-bond donors (Lipinski definition) is 2. The lowest BCUT2D eigenvalue weighted by Gasteiger charge is -2.20. The molecule has 0 saturated carbocycles. The van der Waals surface area contributed by atoms with Crippen molar-refractivity contribution in [2.45, 2.75) is 6.42 Å². The van der Waals surface area contributed by atoms with Crippen molar-refractivity contribution in [3.05, 3.63) is 35.1 Å². The van der Waals surface area contributed by atoms with Gasteiger partial charge in [0.1, 0.15) is 12.4 Å². The van der Waals surface area contributed by atoms with Gasteiger partial charge < -0.3 is 15.3 Å². The highest BCUT2D eigenvalue weighted by molar-refractivity contribution is 5.97. The lowest BCUT2D eigenvalue weighted by molar-refractivity contribution is -0.120. The highest BCUT2D eigenvalue weighted by atomic mass is 19.1. The summed E-state index contributed by atoms with van der Waals surface area (Å²) in [6.07, 6.45) is 0.241. The Kier molecular flexibility index (Phi) is 4.90. The fourth-order valence-corrected chi connectivity index (χ4v) is 2.08. The summed E-state index contributed by atoms with van der Waals surface area (Å²) in [4.78, 5) is 25.3. The van der Waals surface area contributed by atoms with Crippen LogP contribution in [0.25, 0.3) is 0 Å². The van der Waals surface area contributed by atoms with E-state index in [2.05, 4.69) is 17.2 Å². The lowest BCUT2D eigenvalue weighted by Crippen LogP contribution is -2.34. The van der Waals surface area contributed by atoms with Gasteiger partial charge in [-0.25, -0.2) is 4.39 Å². The van der Waals surface area contributed by atoms with E-state index in [9.17, 15) is 14.0 Å². The molecule has 1 aromatic rings. The molecular weight excluding hydrogens is 275 g/mol. The zero-order valence-corrected chi connectivity index (χ0v) is 11.4. The highest BCUT2D eigenvalue weighted by Gasteiger charge is 2.21. The molecule has 5 nitrogen and oxygen atoms in total. The number of hydrogen-bond acceptors (Lipinski definition) is 3. The Morgan fingerprint density at radius 3 is 3.00 bits per heavy atom. The smallest absolute Gasteiger partial charge is 0.255 e. The van der Waals surface area contributed by atoms with Crippen molar-refractivity contribution in [2.24, 2.45) is 0 Å². The van der Waals surface area contributed by atoms with Crippen molar-refractivity contribution >= 4 is 11.8 Å². The van der Waals surface area contributed by atoms with Crippen LogP contribution in [-0.4, -0.2) is 48.1 Å². The van der Waals surface area contributed by atoms with Gasteiger partial charge in [-0.05, 0) is 18.2 Å². The predicted molar refractivity (Wildman–Crippen MR) is 73.9 cm³/mol. The van der Waals surface area contributed by atoms with Crippen molar-refractivity contribution in [1.29, 1.82) is 0 Å². The number of aliphatic hydroxyl groups is 1. The molecule has 1 saturated heterocycles. The van der Waals surface area contributed by atoms with E-state index in [1.165, 1.54) is 17.0 Å². The number of carbonyl (C=O) groups excluding carboxylic acids is 2. The summed E-state index contributed by atoms with van der Waals surface area (Å²) >= 11 is 0. The van der Waals surface area contributed by atoms with Gasteiger partial charge in [0.15, 0.2) is 0 Å². The second kappa shape index (κ2) is 6.86. The molecule has 6 heteroatoms. The second-order valence-corrected chi connectivity index (χ2v) is 4.54. The molecule has 0 bridgehead atoms. The minimum Gasteiger partial charge on any atom is -0.384 e. The molecule has 1 aliphatic heterocycles. The van der Waals surface area contributed by atoms with Crippen molar-refractivity contribution in [1.82, 2.24) is 10.2 Å². The van der Waals surface area contributed by atoms with Crippen LogP contribution in [0.5, 0.6) is 0 Å². The molecule has 1 fully saturated rings. The summed E-state index contributed by atoms with van der Waals surface area (Å²) in [5.74, 6) is 4.10. The summed E-state index contributed by atoms with van der Waals surface area (Å²) in [7, 11) is 0. The maximum Gasteiger partial charge on any atom is 0.255 e. The number of carbonyl (C=O) groups is 2. The monoisotopic (exact) mass is 290 g/mol. The normalized spacial score (nSPS) is 14.8. The molecule has 21 heavy (non-hydrogen) atoms. The van der Waals surface area contributed by atoms with Crippen LogP contribution in [0.4, 0.5) is 4.39 Å². The summed E-state index contributed by atoms with van der Waals surface area (Å²) in [5.41, 5.74) is 0.504. The molecule has 2 amide bonds. The molecule has 2 rings (SSSR count). The van der Waals surface area contributed by atoms with Crippen LogP contribution in [0, 0.1) is 17.7 Å². The zero-order valence-electron chi connectivity index (χ0n) is 11.4. The summed E-state index contributed by atoms with van der Waals surface area (Å²) in [5, 5.41) is 11.4. The number of nitrogens with one attached hydrogen (secondary N) is 1. The minimum absolute atomic E-state index is 0.0929. The van der Waals surface area contributed by atoms with Crippen LogP contribution in [0.3, 0.4) is 0 Å². The van der Waals surface area contributed by atoms with Crippen LogP contribution in [0.2, 0.25) is 0 Å². The van der Waals surface area contributed by atoms with E-state index >= 15 is 0 Å². The van der Waals surface area contributed by atoms with Crippen molar-refractivity contribution < 1.29 is 19.1 Å². The number of nitrogens with zero attached hydrogens (tertiary/aromatic N) is 1. The third-order valence-corrected chi connectivity index (χ3v) is 3.11. The number of rotatable bonds is 1. The van der Waals surface area contributed by atoms with Crippen LogP contribution in [0.15, 0.2) is 18.2 Å². The Bertz CT molecular complexity index is 619. The molecule has 0 radical (unpaired) electrons. The molecular formula is C15H15FN2O3. The van der Waals surface area contributed by atoms with Crippen LogP contribution < -0.4 is 5.32 Å². The zero-order chi connectivity index (χ0) is 15.2. The van der Waals surface area contributed by atoms with Crippen molar-refractivity contribution in [3.8, 4) is 11.8 Å². The molecule has 110 valence electrons. The summed E-state index contributed by atoms with van der Waals surface area (Å²) in [6, 6.07) is 3.73. The maximum atomic E-state index is 13.3. The Labute approximate surface area is 121 Å². The Hall–Kier alpha value is -2.39. The van der Waals surface area contributed by atoms with Gasteiger partial charge in [0, 0.05) is 31.6 Å². The number of aliphatic hydroxyl groups excluding tert-OH is 1. The molecule has 1 aliphatic rings. The first-order valence-corrected chi connectivity index (χ1v) is 6.57. The minimum atomic E-state index is -0.499. The SMILES string of the molecule is O=C1CCN(C(=O)c2ccc(F)cc2C#CCO)CCN1. The number of amides is 2. The Balaban J connectivity index is 2.27. The molecule has 0 aliphatic carbocycles. The van der Waals surface area contributed by atoms with Gasteiger partial charge in [0.25, 0.3) is 5.91 Å². The fourth-order valence-electron chi connectivity index (χ4n) is 2.08. The number of benzene rings is 1. The first-order valence-electron chi connectivity index (χ1n) is 6.57. The van der Waals surface area contributed by atoms with Crippen molar-refractivity contribution in [2.75, 3.05) is 26.2 Å². The molecule has 0 aromatic heterocycles. The van der Waals surface area contributed by atoms with E-state index in [0.29, 0.717) is 19.6 Å². The van der Waals surface area contributed by atoms with Gasteiger partial charge in [-0.2, -0.15) is 0 Å². The first-order chi connectivity index (χ1) is 10.1. The van der Waals surface area contributed by atoms with Crippen LogP contribution >= 0.6 is 0 Å². The maximum absolute atomic E-state index is 13.3. The van der Waals surface area contributed by atoms with Gasteiger partial charge in [0.05, 0.1) is 5.56 Å².